The van der Waals surface area contributed by atoms with Crippen LogP contribution < -0.4 is 15.4 Å². The van der Waals surface area contributed by atoms with Crippen molar-refractivity contribution in [2.24, 2.45) is 10.9 Å². The number of nitrogens with one attached hydrogen (secondary N) is 2. The van der Waals surface area contributed by atoms with E-state index in [1.165, 1.54) is 6.07 Å². The summed E-state index contributed by atoms with van der Waals surface area (Å²) in [7, 11) is 1.72. The lowest BCUT2D eigenvalue weighted by Gasteiger charge is -2.19. The lowest BCUT2D eigenvalue weighted by Crippen LogP contribution is -2.43. The Bertz CT molecular complexity index is 665. The third-order valence-electron chi connectivity index (χ3n) is 3.62. The van der Waals surface area contributed by atoms with Gasteiger partial charge in [-0.05, 0) is 31.0 Å². The average Bonchev–Trinajstić information content (AvgIpc) is 3.10. The summed E-state index contributed by atoms with van der Waals surface area (Å²) in [5.41, 5.74) is 0. The van der Waals surface area contributed by atoms with Crippen LogP contribution >= 0.6 is 24.0 Å². The van der Waals surface area contributed by atoms with Crippen LogP contribution in [-0.4, -0.2) is 42.0 Å². The standard InChI is InChI=1S/C18H26FN5O.HI/c1-14(13-24-10-6-9-23-24)11-21-18(20-3)22-12-15(2)25-17-8-5-4-7-16(17)19;/h4-10,14-15H,11-13H2,1-3H3,(H2,20,21,22);1H. The molecule has 0 spiro atoms. The van der Waals surface area contributed by atoms with Crippen LogP contribution in [-0.2, 0) is 6.54 Å². The normalized spacial score (nSPS) is 13.5. The molecule has 0 radical (unpaired) electrons. The first-order chi connectivity index (χ1) is 12.1. The summed E-state index contributed by atoms with van der Waals surface area (Å²) in [4.78, 5) is 4.20. The summed E-state index contributed by atoms with van der Waals surface area (Å²) >= 11 is 0. The van der Waals surface area contributed by atoms with E-state index in [1.807, 2.05) is 23.9 Å². The fourth-order valence-corrected chi connectivity index (χ4v) is 2.32. The van der Waals surface area contributed by atoms with Crippen molar-refractivity contribution in [1.29, 1.82) is 0 Å². The molecule has 26 heavy (non-hydrogen) atoms. The van der Waals surface area contributed by atoms with Crippen molar-refractivity contribution < 1.29 is 9.13 Å². The first-order valence-corrected chi connectivity index (χ1v) is 8.41. The van der Waals surface area contributed by atoms with Crippen LogP contribution in [0.5, 0.6) is 5.75 Å². The molecule has 2 rings (SSSR count). The molecule has 0 aliphatic carbocycles. The molecule has 0 fully saturated rings. The zero-order valence-corrected chi connectivity index (χ0v) is 17.7. The molecule has 0 saturated heterocycles. The number of hydrogen-bond donors (Lipinski definition) is 2. The summed E-state index contributed by atoms with van der Waals surface area (Å²) in [6.45, 7) is 6.15. The highest BCUT2D eigenvalue weighted by atomic mass is 127. The van der Waals surface area contributed by atoms with Gasteiger partial charge in [-0.25, -0.2) is 4.39 Å². The van der Waals surface area contributed by atoms with Crippen LogP contribution in [0.25, 0.3) is 0 Å². The van der Waals surface area contributed by atoms with Gasteiger partial charge >= 0.3 is 0 Å². The van der Waals surface area contributed by atoms with Crippen LogP contribution in [0.15, 0.2) is 47.7 Å². The molecule has 1 heterocycles. The number of guanidine groups is 1. The van der Waals surface area contributed by atoms with Crippen LogP contribution in [0.4, 0.5) is 4.39 Å². The van der Waals surface area contributed by atoms with Gasteiger partial charge in [-0.3, -0.25) is 9.67 Å². The number of halogens is 2. The van der Waals surface area contributed by atoms with Crippen molar-refractivity contribution in [2.75, 3.05) is 20.1 Å². The van der Waals surface area contributed by atoms with Gasteiger partial charge < -0.3 is 15.4 Å². The minimum absolute atomic E-state index is 0. The van der Waals surface area contributed by atoms with E-state index in [0.717, 1.165) is 13.1 Å². The van der Waals surface area contributed by atoms with Crippen LogP contribution in [0.1, 0.15) is 13.8 Å². The zero-order valence-electron chi connectivity index (χ0n) is 15.4. The molecule has 0 bridgehead atoms. The highest BCUT2D eigenvalue weighted by molar-refractivity contribution is 14.0. The maximum Gasteiger partial charge on any atom is 0.191 e. The maximum absolute atomic E-state index is 13.6. The van der Waals surface area contributed by atoms with Crippen molar-refractivity contribution in [1.82, 2.24) is 20.4 Å². The number of benzene rings is 1. The Labute approximate surface area is 171 Å². The van der Waals surface area contributed by atoms with E-state index in [2.05, 4.69) is 27.6 Å². The molecule has 1 aromatic heterocycles. The monoisotopic (exact) mass is 475 g/mol. The van der Waals surface area contributed by atoms with Gasteiger partial charge in [-0.2, -0.15) is 5.10 Å². The van der Waals surface area contributed by atoms with Crippen molar-refractivity contribution in [3.8, 4) is 5.75 Å². The Morgan fingerprint density at radius 1 is 1.23 bits per heavy atom. The second-order valence-electron chi connectivity index (χ2n) is 6.03. The van der Waals surface area contributed by atoms with E-state index in [-0.39, 0.29) is 41.6 Å². The molecule has 2 unspecified atom stereocenters. The molecule has 8 heteroatoms. The second-order valence-corrected chi connectivity index (χ2v) is 6.03. The number of ether oxygens (including phenoxy) is 1. The Hall–Kier alpha value is -1.84. The Morgan fingerprint density at radius 2 is 1.96 bits per heavy atom. The molecule has 0 saturated carbocycles. The van der Waals surface area contributed by atoms with Gasteiger partial charge in [-0.15, -0.1) is 24.0 Å². The third kappa shape index (κ3) is 7.59. The second kappa shape index (κ2) is 11.7. The van der Waals surface area contributed by atoms with Crippen molar-refractivity contribution >= 4 is 29.9 Å². The number of aliphatic imine (C=N–C) groups is 1. The molecule has 2 N–H and O–H groups in total. The van der Waals surface area contributed by atoms with Crippen LogP contribution in [0.2, 0.25) is 0 Å². The molecule has 0 aliphatic rings. The smallest absolute Gasteiger partial charge is 0.191 e. The number of para-hydroxylation sites is 1. The predicted octanol–water partition coefficient (Wildman–Crippen LogP) is 2.91. The number of hydrogen-bond acceptors (Lipinski definition) is 3. The molecule has 2 atom stereocenters. The van der Waals surface area contributed by atoms with Gasteiger partial charge in [0, 0.05) is 32.5 Å². The maximum atomic E-state index is 13.6. The minimum Gasteiger partial charge on any atom is -0.486 e. The molecular formula is C18H27FIN5O. The Kier molecular flexibility index (Phi) is 10.0. The Balaban J connectivity index is 0.00000338. The van der Waals surface area contributed by atoms with Gasteiger partial charge in [0.05, 0.1) is 6.54 Å². The fourth-order valence-electron chi connectivity index (χ4n) is 2.32. The largest absolute Gasteiger partial charge is 0.486 e. The summed E-state index contributed by atoms with van der Waals surface area (Å²) in [5.74, 6) is 0.985. The predicted molar refractivity (Wildman–Crippen MR) is 113 cm³/mol. The zero-order chi connectivity index (χ0) is 18.1. The topological polar surface area (TPSA) is 63.5 Å². The molecule has 1 aromatic carbocycles. The lowest BCUT2D eigenvalue weighted by molar-refractivity contribution is 0.214. The molecule has 0 aliphatic heterocycles. The first kappa shape index (κ1) is 22.2. The molecule has 0 amide bonds. The number of aromatic nitrogens is 2. The van der Waals surface area contributed by atoms with E-state index in [9.17, 15) is 4.39 Å². The number of nitrogens with zero attached hydrogens (tertiary/aromatic N) is 3. The molecule has 6 nitrogen and oxygen atoms in total. The van der Waals surface area contributed by atoms with Crippen molar-refractivity contribution in [2.45, 2.75) is 26.5 Å². The average molecular weight is 475 g/mol. The van der Waals surface area contributed by atoms with E-state index in [1.54, 1.807) is 31.4 Å². The highest BCUT2D eigenvalue weighted by Crippen LogP contribution is 2.16. The first-order valence-electron chi connectivity index (χ1n) is 8.41. The van der Waals surface area contributed by atoms with E-state index in [0.29, 0.717) is 18.4 Å². The van der Waals surface area contributed by atoms with Crippen LogP contribution in [0.3, 0.4) is 0 Å². The van der Waals surface area contributed by atoms with Crippen LogP contribution in [0, 0.1) is 11.7 Å². The van der Waals surface area contributed by atoms with Gasteiger partial charge in [0.25, 0.3) is 0 Å². The highest BCUT2D eigenvalue weighted by Gasteiger charge is 2.10. The van der Waals surface area contributed by atoms with Gasteiger partial charge in [0.15, 0.2) is 17.5 Å². The molecule has 144 valence electrons. The van der Waals surface area contributed by atoms with E-state index in [4.69, 9.17) is 4.74 Å². The summed E-state index contributed by atoms with van der Waals surface area (Å²) in [6.07, 6.45) is 3.53. The summed E-state index contributed by atoms with van der Waals surface area (Å²) < 4.78 is 21.1. The van der Waals surface area contributed by atoms with Crippen molar-refractivity contribution in [3.05, 3.63) is 48.5 Å². The molecular weight excluding hydrogens is 448 g/mol. The SMILES string of the molecule is CN=C(NCC(C)Cn1cccn1)NCC(C)Oc1ccccc1F.I. The van der Waals surface area contributed by atoms with E-state index >= 15 is 0 Å². The summed E-state index contributed by atoms with van der Waals surface area (Å²) in [5, 5.41) is 10.7. The number of rotatable bonds is 8. The fraction of sp³-hybridized carbons (Fsp3) is 0.444. The quantitative estimate of drug-likeness (QED) is 0.350. The lowest BCUT2D eigenvalue weighted by atomic mass is 10.2. The Morgan fingerprint density at radius 3 is 2.62 bits per heavy atom. The van der Waals surface area contributed by atoms with E-state index < -0.39 is 0 Å². The molecule has 2 aromatic rings. The van der Waals surface area contributed by atoms with Crippen molar-refractivity contribution in [3.63, 3.8) is 0 Å². The van der Waals surface area contributed by atoms with Gasteiger partial charge in [-0.1, -0.05) is 19.1 Å². The van der Waals surface area contributed by atoms with Gasteiger partial charge in [0.1, 0.15) is 6.10 Å². The third-order valence-corrected chi connectivity index (χ3v) is 3.62. The van der Waals surface area contributed by atoms with Gasteiger partial charge in [0.2, 0.25) is 0 Å². The summed E-state index contributed by atoms with van der Waals surface area (Å²) in [6, 6.07) is 8.31. The minimum atomic E-state index is -0.357.